The third kappa shape index (κ3) is 2.28. The maximum Gasteiger partial charge on any atom is 0.265 e. The lowest BCUT2D eigenvalue weighted by Gasteiger charge is -2.23. The van der Waals surface area contributed by atoms with E-state index in [9.17, 15) is 14.7 Å². The van der Waals surface area contributed by atoms with Crippen LogP contribution in [0.3, 0.4) is 0 Å². The number of aromatic nitrogens is 2. The molecule has 1 aliphatic rings. The Morgan fingerprint density at radius 2 is 1.53 bits per heavy atom. The molecule has 2 amide bonds. The average molecular weight is 267 g/mol. The Bertz CT molecular complexity index is 490. The van der Waals surface area contributed by atoms with Crippen molar-refractivity contribution in [3.8, 4) is 17.5 Å². The van der Waals surface area contributed by atoms with Gasteiger partial charge in [-0.1, -0.05) is 0 Å². The van der Waals surface area contributed by atoms with E-state index >= 15 is 0 Å². The fraction of sp³-hybridized carbons (Fsp3) is 0.455. The summed E-state index contributed by atoms with van der Waals surface area (Å²) >= 11 is 0. The minimum absolute atomic E-state index is 0.152. The number of nitrogens with zero attached hydrogens (tertiary/aromatic N) is 3. The Balaban J connectivity index is 2.49. The van der Waals surface area contributed by atoms with E-state index in [4.69, 9.17) is 9.47 Å². The summed E-state index contributed by atoms with van der Waals surface area (Å²) in [5.74, 6) is -1.62. The average Bonchev–Trinajstić information content (AvgIpc) is 2.40. The highest BCUT2D eigenvalue weighted by atomic mass is 16.5. The molecule has 0 spiro atoms. The number of hydrogen-bond donors (Lipinski definition) is 1. The Hall–Kier alpha value is -2.38. The molecule has 0 saturated carbocycles. The largest absolute Gasteiger partial charge is 0.499 e. The van der Waals surface area contributed by atoms with Gasteiger partial charge in [0.25, 0.3) is 11.8 Å². The van der Waals surface area contributed by atoms with Crippen LogP contribution in [0.1, 0.15) is 19.3 Å². The number of methoxy groups -OCH3 is 2. The van der Waals surface area contributed by atoms with Crippen LogP contribution in [0, 0.1) is 0 Å². The SMILES string of the molecule is COc1nc(N2C(=O)CCCC2=O)nc(OC)c1O. The molecule has 8 heteroatoms. The Labute approximate surface area is 109 Å². The van der Waals surface area contributed by atoms with Gasteiger partial charge in [0, 0.05) is 12.8 Å². The maximum atomic E-state index is 11.8. The third-order valence-electron chi connectivity index (χ3n) is 2.68. The highest BCUT2D eigenvalue weighted by molar-refractivity contribution is 6.15. The molecule has 1 saturated heterocycles. The normalized spacial score (nSPS) is 15.6. The van der Waals surface area contributed by atoms with Gasteiger partial charge in [-0.15, -0.1) is 0 Å². The highest BCUT2D eigenvalue weighted by Crippen LogP contribution is 2.34. The Morgan fingerprint density at radius 3 is 1.95 bits per heavy atom. The Morgan fingerprint density at radius 1 is 1.05 bits per heavy atom. The maximum absolute atomic E-state index is 11.8. The fourth-order valence-corrected chi connectivity index (χ4v) is 1.77. The highest BCUT2D eigenvalue weighted by Gasteiger charge is 2.31. The molecule has 102 valence electrons. The number of carbonyl (C=O) groups excluding carboxylic acids is 2. The summed E-state index contributed by atoms with van der Waals surface area (Å²) in [6.45, 7) is 0. The van der Waals surface area contributed by atoms with Crippen LogP contribution in [0.15, 0.2) is 0 Å². The van der Waals surface area contributed by atoms with Crippen molar-refractivity contribution in [3.05, 3.63) is 0 Å². The zero-order chi connectivity index (χ0) is 14.0. The number of carbonyl (C=O) groups is 2. The summed E-state index contributed by atoms with van der Waals surface area (Å²) in [5.41, 5.74) is 0. The van der Waals surface area contributed by atoms with Gasteiger partial charge < -0.3 is 14.6 Å². The van der Waals surface area contributed by atoms with Crippen molar-refractivity contribution in [2.75, 3.05) is 19.1 Å². The minimum atomic E-state index is -0.384. The van der Waals surface area contributed by atoms with Crippen molar-refractivity contribution in [2.24, 2.45) is 0 Å². The topological polar surface area (TPSA) is 102 Å². The van der Waals surface area contributed by atoms with Gasteiger partial charge in [-0.25, -0.2) is 4.90 Å². The van der Waals surface area contributed by atoms with E-state index < -0.39 is 0 Å². The summed E-state index contributed by atoms with van der Waals surface area (Å²) < 4.78 is 9.72. The van der Waals surface area contributed by atoms with E-state index in [1.165, 1.54) is 14.2 Å². The summed E-state index contributed by atoms with van der Waals surface area (Å²) in [4.78, 5) is 32.1. The van der Waals surface area contributed by atoms with Gasteiger partial charge in [0.2, 0.25) is 23.5 Å². The van der Waals surface area contributed by atoms with E-state index in [0.717, 1.165) is 4.90 Å². The number of imide groups is 1. The summed E-state index contributed by atoms with van der Waals surface area (Å²) in [6, 6.07) is 0. The second-order valence-corrected chi connectivity index (χ2v) is 3.87. The molecule has 0 bridgehead atoms. The van der Waals surface area contributed by atoms with Crippen LogP contribution >= 0.6 is 0 Å². The third-order valence-corrected chi connectivity index (χ3v) is 2.68. The minimum Gasteiger partial charge on any atom is -0.499 e. The van der Waals surface area contributed by atoms with Crippen LogP contribution in [0.2, 0.25) is 0 Å². The van der Waals surface area contributed by atoms with Gasteiger partial charge in [-0.2, -0.15) is 9.97 Å². The van der Waals surface area contributed by atoms with Gasteiger partial charge in [-0.3, -0.25) is 9.59 Å². The van der Waals surface area contributed by atoms with Crippen LogP contribution in [0.5, 0.6) is 17.5 Å². The summed E-state index contributed by atoms with van der Waals surface area (Å²) in [7, 11) is 2.59. The quantitative estimate of drug-likeness (QED) is 0.783. The van der Waals surface area contributed by atoms with E-state index in [-0.39, 0.29) is 48.1 Å². The van der Waals surface area contributed by atoms with Crippen molar-refractivity contribution in [2.45, 2.75) is 19.3 Å². The zero-order valence-electron chi connectivity index (χ0n) is 10.5. The molecule has 19 heavy (non-hydrogen) atoms. The fourth-order valence-electron chi connectivity index (χ4n) is 1.77. The van der Waals surface area contributed by atoms with Crippen molar-refractivity contribution in [3.63, 3.8) is 0 Å². The summed E-state index contributed by atoms with van der Waals surface area (Å²) in [6.07, 6.45) is 1.02. The number of anilines is 1. The van der Waals surface area contributed by atoms with Gasteiger partial charge in [0.05, 0.1) is 14.2 Å². The monoisotopic (exact) mass is 267 g/mol. The van der Waals surface area contributed by atoms with Gasteiger partial charge in [0.1, 0.15) is 0 Å². The molecule has 2 heterocycles. The predicted octanol–water partition coefficient (Wildman–Crippen LogP) is 0.243. The molecule has 0 atom stereocenters. The lowest BCUT2D eigenvalue weighted by atomic mass is 10.1. The van der Waals surface area contributed by atoms with E-state index in [1.54, 1.807) is 0 Å². The molecule has 0 radical (unpaired) electrons. The smallest absolute Gasteiger partial charge is 0.265 e. The molecule has 0 aromatic carbocycles. The van der Waals surface area contributed by atoms with Crippen LogP contribution in [-0.4, -0.2) is 41.1 Å². The van der Waals surface area contributed by atoms with E-state index in [2.05, 4.69) is 9.97 Å². The molecule has 1 aliphatic heterocycles. The van der Waals surface area contributed by atoms with Gasteiger partial charge in [0.15, 0.2) is 0 Å². The molecule has 1 fully saturated rings. The van der Waals surface area contributed by atoms with E-state index in [0.29, 0.717) is 6.42 Å². The number of ether oxygens (including phenoxy) is 2. The molecule has 8 nitrogen and oxygen atoms in total. The number of piperidine rings is 1. The molecule has 2 rings (SSSR count). The molecule has 1 N–H and O–H groups in total. The molecule has 1 aromatic rings. The van der Waals surface area contributed by atoms with Gasteiger partial charge in [-0.05, 0) is 6.42 Å². The lowest BCUT2D eigenvalue weighted by molar-refractivity contribution is -0.129. The number of hydrogen-bond acceptors (Lipinski definition) is 7. The van der Waals surface area contributed by atoms with Gasteiger partial charge >= 0.3 is 0 Å². The molecular weight excluding hydrogens is 254 g/mol. The van der Waals surface area contributed by atoms with Crippen LogP contribution < -0.4 is 14.4 Å². The van der Waals surface area contributed by atoms with Crippen molar-refractivity contribution in [1.29, 1.82) is 0 Å². The number of rotatable bonds is 3. The number of amides is 2. The van der Waals surface area contributed by atoms with Crippen LogP contribution in [-0.2, 0) is 9.59 Å². The standard InChI is InChI=1S/C11H13N3O5/c1-18-9-8(17)10(19-2)13-11(12-9)14-6(15)4-3-5-7(14)16/h17H,3-5H2,1-2H3. The molecular formula is C11H13N3O5. The Kier molecular flexibility index (Phi) is 3.50. The molecule has 0 aliphatic carbocycles. The second kappa shape index (κ2) is 5.09. The summed E-state index contributed by atoms with van der Waals surface area (Å²) in [5, 5.41) is 9.68. The van der Waals surface area contributed by atoms with Crippen LogP contribution in [0.4, 0.5) is 5.95 Å². The number of aromatic hydroxyl groups is 1. The first-order chi connectivity index (χ1) is 9.08. The molecule has 1 aromatic heterocycles. The first-order valence-electron chi connectivity index (χ1n) is 5.63. The van der Waals surface area contributed by atoms with Crippen LogP contribution in [0.25, 0.3) is 0 Å². The first kappa shape index (κ1) is 13.1. The predicted molar refractivity (Wildman–Crippen MR) is 63.1 cm³/mol. The molecule has 0 unspecified atom stereocenters. The van der Waals surface area contributed by atoms with Crippen molar-refractivity contribution < 1.29 is 24.2 Å². The zero-order valence-corrected chi connectivity index (χ0v) is 10.5. The lowest BCUT2D eigenvalue weighted by Crippen LogP contribution is -2.41. The van der Waals surface area contributed by atoms with Crippen molar-refractivity contribution in [1.82, 2.24) is 9.97 Å². The second-order valence-electron chi connectivity index (χ2n) is 3.87. The van der Waals surface area contributed by atoms with E-state index in [1.807, 2.05) is 0 Å². The van der Waals surface area contributed by atoms with Crippen molar-refractivity contribution >= 4 is 17.8 Å². The first-order valence-corrected chi connectivity index (χ1v) is 5.63.